The van der Waals surface area contributed by atoms with Crippen molar-refractivity contribution in [3.8, 4) is 0 Å². The molecule has 2 aromatic heterocycles. The Bertz CT molecular complexity index is 1190. The molecule has 0 atom stereocenters. The van der Waals surface area contributed by atoms with E-state index in [1.165, 1.54) is 0 Å². The molecule has 1 fully saturated rings. The fourth-order valence-corrected chi connectivity index (χ4v) is 3.50. The third kappa shape index (κ3) is 5.80. The van der Waals surface area contributed by atoms with Crippen molar-refractivity contribution in [3.63, 3.8) is 0 Å². The molecule has 2 N–H and O–H groups in total. The van der Waals surface area contributed by atoms with Crippen LogP contribution in [0.1, 0.15) is 16.1 Å². The molecular formula is C22H22ClFN8O2. The van der Waals surface area contributed by atoms with Gasteiger partial charge in [0, 0.05) is 25.8 Å². The first-order valence-corrected chi connectivity index (χ1v) is 10.9. The number of hydrogen-bond acceptors (Lipinski definition) is 9. The zero-order valence-electron chi connectivity index (χ0n) is 18.3. The number of aromatic nitrogens is 3. The average molecular weight is 485 g/mol. The highest BCUT2D eigenvalue weighted by Crippen LogP contribution is 2.24. The second-order valence-corrected chi connectivity index (χ2v) is 7.68. The van der Waals surface area contributed by atoms with E-state index in [1.807, 2.05) is 6.07 Å². The predicted molar refractivity (Wildman–Crippen MR) is 126 cm³/mol. The highest BCUT2D eigenvalue weighted by Gasteiger charge is 2.17. The molecule has 0 unspecified atom stereocenters. The Morgan fingerprint density at radius 2 is 1.97 bits per heavy atom. The first kappa shape index (κ1) is 23.5. The quantitative estimate of drug-likeness (QED) is 0.488. The van der Waals surface area contributed by atoms with Crippen molar-refractivity contribution in [2.45, 2.75) is 6.54 Å². The number of amides is 1. The summed E-state index contributed by atoms with van der Waals surface area (Å²) in [5.74, 6) is -0.474. The highest BCUT2D eigenvalue weighted by atomic mass is 35.5. The van der Waals surface area contributed by atoms with Crippen molar-refractivity contribution < 1.29 is 13.9 Å². The Balaban J connectivity index is 1.36. The number of anilines is 3. The van der Waals surface area contributed by atoms with Crippen LogP contribution in [-0.2, 0) is 11.3 Å². The van der Waals surface area contributed by atoms with Crippen LogP contribution >= 0.6 is 11.6 Å². The lowest BCUT2D eigenvalue weighted by Crippen LogP contribution is -2.37. The van der Waals surface area contributed by atoms with Gasteiger partial charge in [-0.2, -0.15) is 10.1 Å². The maximum Gasteiger partial charge on any atom is 0.270 e. The summed E-state index contributed by atoms with van der Waals surface area (Å²) in [6, 6.07) is 8.71. The van der Waals surface area contributed by atoms with Gasteiger partial charge in [0.2, 0.25) is 0 Å². The maximum absolute atomic E-state index is 14.1. The molecule has 0 saturated carbocycles. The van der Waals surface area contributed by atoms with E-state index < -0.39 is 5.82 Å². The Morgan fingerprint density at radius 1 is 1.18 bits per heavy atom. The van der Waals surface area contributed by atoms with E-state index in [0.29, 0.717) is 42.6 Å². The van der Waals surface area contributed by atoms with E-state index in [9.17, 15) is 9.18 Å². The number of ether oxygens (including phenoxy) is 1. The molecule has 1 aliphatic rings. The summed E-state index contributed by atoms with van der Waals surface area (Å²) in [6.07, 6.45) is 2.74. The van der Waals surface area contributed by atoms with Gasteiger partial charge in [0.05, 0.1) is 47.6 Å². The van der Waals surface area contributed by atoms with E-state index in [1.54, 1.807) is 42.4 Å². The zero-order chi connectivity index (χ0) is 23.9. The molecule has 1 saturated heterocycles. The summed E-state index contributed by atoms with van der Waals surface area (Å²) in [5, 5.41) is 14.2. The molecule has 0 radical (unpaired) electrons. The van der Waals surface area contributed by atoms with Gasteiger partial charge in [-0.05, 0) is 30.3 Å². The summed E-state index contributed by atoms with van der Waals surface area (Å²) >= 11 is 6.19. The number of pyridine rings is 1. The van der Waals surface area contributed by atoms with E-state index in [4.69, 9.17) is 16.3 Å². The van der Waals surface area contributed by atoms with Crippen LogP contribution in [0.2, 0.25) is 5.02 Å². The van der Waals surface area contributed by atoms with Gasteiger partial charge in [-0.25, -0.2) is 9.37 Å². The number of carbonyl (C=O) groups excluding carboxylic acids is 1. The molecule has 3 aromatic rings. The molecule has 1 aliphatic heterocycles. The number of rotatable bonds is 7. The summed E-state index contributed by atoms with van der Waals surface area (Å²) in [6.45, 7) is 2.36. The van der Waals surface area contributed by atoms with Crippen LogP contribution in [-0.4, -0.2) is 54.2 Å². The molecule has 12 heteroatoms. The van der Waals surface area contributed by atoms with Crippen LogP contribution in [0.5, 0.6) is 0 Å². The molecule has 0 aliphatic carbocycles. The van der Waals surface area contributed by atoms with Gasteiger partial charge in [0.25, 0.3) is 11.9 Å². The Morgan fingerprint density at radius 3 is 2.68 bits per heavy atom. The second kappa shape index (κ2) is 10.9. The number of halogens is 2. The lowest BCUT2D eigenvalue weighted by Gasteiger charge is -2.27. The minimum absolute atomic E-state index is 0.0817. The van der Waals surface area contributed by atoms with Crippen LogP contribution in [0.3, 0.4) is 0 Å². The highest BCUT2D eigenvalue weighted by molar-refractivity contribution is 6.34. The van der Waals surface area contributed by atoms with Crippen LogP contribution in [0, 0.1) is 5.82 Å². The predicted octanol–water partition coefficient (Wildman–Crippen LogP) is 3.89. The van der Waals surface area contributed by atoms with Gasteiger partial charge in [0.1, 0.15) is 6.54 Å². The van der Waals surface area contributed by atoms with Crippen LogP contribution in [0.15, 0.2) is 53.0 Å². The number of nitrogens with zero attached hydrogens (tertiary/aromatic N) is 6. The second-order valence-electron chi connectivity index (χ2n) is 7.28. The van der Waals surface area contributed by atoms with Gasteiger partial charge in [0.15, 0.2) is 11.6 Å². The first-order valence-electron chi connectivity index (χ1n) is 10.5. The number of azo groups is 1. The number of carbonyl (C=O) groups is 1. The van der Waals surface area contributed by atoms with Crippen molar-refractivity contribution in [1.29, 1.82) is 0 Å². The van der Waals surface area contributed by atoms with Crippen molar-refractivity contribution in [3.05, 3.63) is 64.8 Å². The lowest BCUT2D eigenvalue weighted by molar-refractivity contribution is 0.0963. The van der Waals surface area contributed by atoms with Crippen molar-refractivity contribution >= 4 is 40.6 Å². The van der Waals surface area contributed by atoms with Crippen LogP contribution in [0.4, 0.5) is 27.5 Å². The van der Waals surface area contributed by atoms with Crippen molar-refractivity contribution in [2.75, 3.05) is 43.6 Å². The van der Waals surface area contributed by atoms with Gasteiger partial charge in [-0.1, -0.05) is 11.6 Å². The fraction of sp³-hybridized carbons (Fsp3) is 0.273. The topological polar surface area (TPSA) is 117 Å². The van der Waals surface area contributed by atoms with Crippen LogP contribution < -0.4 is 15.5 Å². The third-order valence-electron chi connectivity index (χ3n) is 4.97. The van der Waals surface area contributed by atoms with E-state index in [0.717, 1.165) is 17.6 Å². The molecule has 176 valence electrons. The maximum atomic E-state index is 14.1. The minimum atomic E-state index is -0.504. The molecule has 34 heavy (non-hydrogen) atoms. The van der Waals surface area contributed by atoms with Gasteiger partial charge < -0.3 is 20.3 Å². The Labute approximate surface area is 200 Å². The summed E-state index contributed by atoms with van der Waals surface area (Å²) in [7, 11) is 1.55. The largest absolute Gasteiger partial charge is 0.378 e. The summed E-state index contributed by atoms with van der Waals surface area (Å²) < 4.78 is 19.4. The minimum Gasteiger partial charge on any atom is -0.378 e. The molecule has 4 rings (SSSR count). The molecule has 1 amide bonds. The molecule has 10 nitrogen and oxygen atoms in total. The van der Waals surface area contributed by atoms with E-state index >= 15 is 0 Å². The zero-order valence-corrected chi connectivity index (χ0v) is 19.1. The van der Waals surface area contributed by atoms with Crippen LogP contribution in [0.25, 0.3) is 0 Å². The van der Waals surface area contributed by atoms with E-state index in [-0.39, 0.29) is 24.2 Å². The number of morpholine rings is 1. The van der Waals surface area contributed by atoms with Gasteiger partial charge in [-0.15, -0.1) is 5.11 Å². The normalized spacial score (nSPS) is 13.8. The Hall–Kier alpha value is -3.70. The van der Waals surface area contributed by atoms with Crippen molar-refractivity contribution in [1.82, 2.24) is 20.3 Å². The average Bonchev–Trinajstić information content (AvgIpc) is 2.86. The molecule has 0 bridgehead atoms. The number of benzene rings is 1. The number of nitrogens with one attached hydrogen (secondary N) is 2. The Kier molecular flexibility index (Phi) is 7.55. The van der Waals surface area contributed by atoms with Gasteiger partial charge in [-0.3, -0.25) is 9.78 Å². The van der Waals surface area contributed by atoms with Crippen molar-refractivity contribution in [2.24, 2.45) is 10.2 Å². The first-order chi connectivity index (χ1) is 16.5. The van der Waals surface area contributed by atoms with E-state index in [2.05, 4.69) is 35.8 Å². The summed E-state index contributed by atoms with van der Waals surface area (Å²) in [5.41, 5.74) is 2.53. The smallest absolute Gasteiger partial charge is 0.270 e. The summed E-state index contributed by atoms with van der Waals surface area (Å²) in [4.78, 5) is 26.0. The SMILES string of the molecule is CNC(=O)c1ccc(Nc2ccc(CN=Nc3ncc(F)c(N4CCOCC4)n3)nc2)cc1Cl. The van der Waals surface area contributed by atoms with Gasteiger partial charge >= 0.3 is 0 Å². The third-order valence-corrected chi connectivity index (χ3v) is 5.28. The lowest BCUT2D eigenvalue weighted by atomic mass is 10.2. The molecule has 1 aromatic carbocycles. The monoisotopic (exact) mass is 484 g/mol. The molecular weight excluding hydrogens is 463 g/mol. The fourth-order valence-electron chi connectivity index (χ4n) is 3.24. The standard InChI is InChI=1S/C22H22ClFN8O2/c1-25-21(33)17-5-4-14(10-18(17)23)29-16-3-2-15(26-11-16)12-28-31-22-27-13-19(24)20(30-22)32-6-8-34-9-7-32/h2-5,10-11,13,29H,6-9,12H2,1H3,(H,25,33). The molecule has 3 heterocycles. The molecule has 0 spiro atoms. The number of hydrogen-bond donors (Lipinski definition) is 2.